The Hall–Kier alpha value is -2.75. The molecule has 0 saturated carbocycles. The Morgan fingerprint density at radius 2 is 1.93 bits per heavy atom. The van der Waals surface area contributed by atoms with Gasteiger partial charge in [0, 0.05) is 24.4 Å². The largest absolute Gasteiger partial charge is 0.451 e. The van der Waals surface area contributed by atoms with E-state index in [0.717, 1.165) is 20.0 Å². The molecule has 0 radical (unpaired) electrons. The molecule has 10 heteroatoms. The number of aryl methyl sites for hydroxylation is 1. The van der Waals surface area contributed by atoms with Crippen molar-refractivity contribution >= 4 is 17.2 Å². The molecule has 28 heavy (non-hydrogen) atoms. The molecule has 3 aromatic rings. The Morgan fingerprint density at radius 1 is 1.18 bits per heavy atom. The van der Waals surface area contributed by atoms with Crippen molar-refractivity contribution in [3.05, 3.63) is 63.1 Å². The van der Waals surface area contributed by atoms with Gasteiger partial charge in [-0.3, -0.25) is 4.79 Å². The molecule has 0 fully saturated rings. The topological polar surface area (TPSA) is 63.9 Å². The van der Waals surface area contributed by atoms with Crippen LogP contribution in [-0.2, 0) is 25.7 Å². The molecule has 0 saturated heterocycles. The lowest BCUT2D eigenvalue weighted by atomic mass is 10.1. The molecule has 0 aliphatic carbocycles. The summed E-state index contributed by atoms with van der Waals surface area (Å²) in [6, 6.07) is 9.74. The van der Waals surface area contributed by atoms with E-state index in [-0.39, 0.29) is 31.4 Å². The SMILES string of the molecule is Cc1nc(C(=O)N2CCn3c(nnc3C(F)(F)F)C2)c(Cc2ccccc2)s1. The standard InChI is InChI=1S/C18H16F3N5OS/c1-11-22-15(13(28-11)9-12-5-3-2-4-6-12)16(27)25-7-8-26-14(10-25)23-24-17(26)18(19,20)21/h2-6H,7-10H2,1H3. The van der Waals surface area contributed by atoms with Gasteiger partial charge in [0.05, 0.1) is 11.6 Å². The van der Waals surface area contributed by atoms with E-state index in [1.165, 1.54) is 16.2 Å². The van der Waals surface area contributed by atoms with Gasteiger partial charge in [0.25, 0.3) is 5.91 Å². The molecule has 0 N–H and O–H groups in total. The van der Waals surface area contributed by atoms with Gasteiger partial charge in [0.2, 0.25) is 5.82 Å². The van der Waals surface area contributed by atoms with E-state index in [2.05, 4.69) is 15.2 Å². The molecule has 6 nitrogen and oxygen atoms in total. The Bertz CT molecular complexity index is 1010. The number of carbonyl (C=O) groups excluding carboxylic acids is 1. The summed E-state index contributed by atoms with van der Waals surface area (Å²) >= 11 is 1.45. The zero-order valence-corrected chi connectivity index (χ0v) is 15.7. The fourth-order valence-electron chi connectivity index (χ4n) is 3.23. The molecule has 4 rings (SSSR count). The van der Waals surface area contributed by atoms with Crippen LogP contribution in [0.2, 0.25) is 0 Å². The van der Waals surface area contributed by atoms with Crippen LogP contribution < -0.4 is 0 Å². The van der Waals surface area contributed by atoms with Crippen LogP contribution >= 0.6 is 11.3 Å². The number of alkyl halides is 3. The quantitative estimate of drug-likeness (QED) is 0.668. The number of amides is 1. The summed E-state index contributed by atoms with van der Waals surface area (Å²) in [6.07, 6.45) is -3.98. The summed E-state index contributed by atoms with van der Waals surface area (Å²) < 4.78 is 40.0. The fourth-order valence-corrected chi connectivity index (χ4v) is 4.19. The summed E-state index contributed by atoms with van der Waals surface area (Å²) in [7, 11) is 0. The molecule has 1 amide bonds. The van der Waals surface area contributed by atoms with Crippen LogP contribution in [0.4, 0.5) is 13.2 Å². The minimum Gasteiger partial charge on any atom is -0.328 e. The second-order valence-corrected chi connectivity index (χ2v) is 7.77. The number of aromatic nitrogens is 4. The number of nitrogens with zero attached hydrogens (tertiary/aromatic N) is 5. The third kappa shape index (κ3) is 3.51. The highest BCUT2D eigenvalue weighted by atomic mass is 32.1. The van der Waals surface area contributed by atoms with Crippen LogP contribution in [0.15, 0.2) is 30.3 Å². The average molecular weight is 407 g/mol. The molecular formula is C18H16F3N5OS. The minimum absolute atomic E-state index is 0.0000541. The maximum absolute atomic E-state index is 13.0. The van der Waals surface area contributed by atoms with Crippen molar-refractivity contribution in [1.29, 1.82) is 0 Å². The molecule has 146 valence electrons. The molecule has 1 aliphatic rings. The Kier molecular flexibility index (Phi) is 4.66. The van der Waals surface area contributed by atoms with Crippen molar-refractivity contribution in [2.24, 2.45) is 0 Å². The normalized spacial score (nSPS) is 14.2. The van der Waals surface area contributed by atoms with Crippen LogP contribution in [0, 0.1) is 6.92 Å². The van der Waals surface area contributed by atoms with E-state index in [1.54, 1.807) is 0 Å². The van der Waals surface area contributed by atoms with E-state index in [1.807, 2.05) is 37.3 Å². The number of fused-ring (bicyclic) bond motifs is 1. The number of benzene rings is 1. The lowest BCUT2D eigenvalue weighted by Gasteiger charge is -2.27. The Balaban J connectivity index is 1.57. The van der Waals surface area contributed by atoms with Crippen LogP contribution in [0.5, 0.6) is 0 Å². The van der Waals surface area contributed by atoms with Crippen LogP contribution in [0.25, 0.3) is 0 Å². The van der Waals surface area contributed by atoms with E-state index in [9.17, 15) is 18.0 Å². The number of carbonyl (C=O) groups is 1. The number of halogens is 3. The van der Waals surface area contributed by atoms with Crippen molar-refractivity contribution < 1.29 is 18.0 Å². The molecule has 2 aromatic heterocycles. The van der Waals surface area contributed by atoms with Crippen molar-refractivity contribution in [2.75, 3.05) is 6.54 Å². The lowest BCUT2D eigenvalue weighted by Crippen LogP contribution is -2.39. The van der Waals surface area contributed by atoms with E-state index >= 15 is 0 Å². The van der Waals surface area contributed by atoms with Crippen LogP contribution in [0.3, 0.4) is 0 Å². The van der Waals surface area contributed by atoms with Crippen molar-refractivity contribution in [3.8, 4) is 0 Å². The van der Waals surface area contributed by atoms with Crippen molar-refractivity contribution in [3.63, 3.8) is 0 Å². The molecule has 1 aliphatic heterocycles. The summed E-state index contributed by atoms with van der Waals surface area (Å²) in [5.41, 5.74) is 1.42. The van der Waals surface area contributed by atoms with Gasteiger partial charge in [-0.2, -0.15) is 13.2 Å². The van der Waals surface area contributed by atoms with E-state index < -0.39 is 12.0 Å². The molecule has 3 heterocycles. The Labute approximate surface area is 162 Å². The third-order valence-electron chi connectivity index (χ3n) is 4.51. The van der Waals surface area contributed by atoms with Gasteiger partial charge in [-0.25, -0.2) is 4.98 Å². The minimum atomic E-state index is -4.56. The van der Waals surface area contributed by atoms with Gasteiger partial charge in [-0.15, -0.1) is 21.5 Å². The second kappa shape index (κ2) is 7.01. The van der Waals surface area contributed by atoms with Gasteiger partial charge in [0.1, 0.15) is 5.69 Å². The molecule has 0 bridgehead atoms. The van der Waals surface area contributed by atoms with Gasteiger partial charge < -0.3 is 9.47 Å². The van der Waals surface area contributed by atoms with E-state index in [0.29, 0.717) is 12.1 Å². The highest BCUT2D eigenvalue weighted by Crippen LogP contribution is 2.30. The first-order valence-electron chi connectivity index (χ1n) is 8.61. The number of thiazole rings is 1. The first kappa shape index (κ1) is 18.6. The van der Waals surface area contributed by atoms with Gasteiger partial charge >= 0.3 is 6.18 Å². The lowest BCUT2D eigenvalue weighted by molar-refractivity contribution is -0.147. The maximum Gasteiger partial charge on any atom is 0.451 e. The second-order valence-electron chi connectivity index (χ2n) is 6.48. The first-order valence-corrected chi connectivity index (χ1v) is 9.43. The van der Waals surface area contributed by atoms with Gasteiger partial charge in [-0.1, -0.05) is 30.3 Å². The number of hydrogen-bond acceptors (Lipinski definition) is 5. The summed E-state index contributed by atoms with van der Waals surface area (Å²) in [5, 5.41) is 7.65. The van der Waals surface area contributed by atoms with Crippen molar-refractivity contribution in [1.82, 2.24) is 24.6 Å². The number of hydrogen-bond donors (Lipinski definition) is 0. The monoisotopic (exact) mass is 407 g/mol. The highest BCUT2D eigenvalue weighted by molar-refractivity contribution is 7.11. The Morgan fingerprint density at radius 3 is 2.64 bits per heavy atom. The molecule has 0 spiro atoms. The third-order valence-corrected chi connectivity index (χ3v) is 5.48. The molecular weight excluding hydrogens is 391 g/mol. The predicted octanol–water partition coefficient (Wildman–Crippen LogP) is 3.31. The van der Waals surface area contributed by atoms with Crippen molar-refractivity contribution in [2.45, 2.75) is 32.6 Å². The zero-order chi connectivity index (χ0) is 19.9. The fraction of sp³-hybridized carbons (Fsp3) is 0.333. The van der Waals surface area contributed by atoms with E-state index in [4.69, 9.17) is 0 Å². The maximum atomic E-state index is 13.0. The summed E-state index contributed by atoms with van der Waals surface area (Å²) in [5.74, 6) is -1.19. The summed E-state index contributed by atoms with van der Waals surface area (Å²) in [6.45, 7) is 1.95. The van der Waals surface area contributed by atoms with Crippen LogP contribution in [0.1, 0.15) is 37.6 Å². The summed E-state index contributed by atoms with van der Waals surface area (Å²) in [4.78, 5) is 19.7. The highest BCUT2D eigenvalue weighted by Gasteiger charge is 2.40. The molecule has 0 unspecified atom stereocenters. The van der Waals surface area contributed by atoms with Gasteiger partial charge in [-0.05, 0) is 12.5 Å². The predicted molar refractivity (Wildman–Crippen MR) is 95.9 cm³/mol. The van der Waals surface area contributed by atoms with Crippen LogP contribution in [-0.4, -0.2) is 37.1 Å². The average Bonchev–Trinajstić information content (AvgIpc) is 3.24. The van der Waals surface area contributed by atoms with Gasteiger partial charge in [0.15, 0.2) is 5.82 Å². The smallest absolute Gasteiger partial charge is 0.328 e. The first-order chi connectivity index (χ1) is 13.3. The molecule has 0 atom stereocenters. The zero-order valence-electron chi connectivity index (χ0n) is 14.9. The number of rotatable bonds is 3. The molecule has 1 aromatic carbocycles.